The Morgan fingerprint density at radius 3 is 1.85 bits per heavy atom. The van der Waals surface area contributed by atoms with Crippen molar-refractivity contribution in [2.45, 2.75) is 104 Å². The van der Waals surface area contributed by atoms with Crippen LogP contribution in [0.25, 0.3) is 0 Å². The number of ether oxygens (including phenoxy) is 3. The molecule has 0 amide bonds. The van der Waals surface area contributed by atoms with Crippen LogP contribution in [0.15, 0.2) is 114 Å². The van der Waals surface area contributed by atoms with E-state index in [9.17, 15) is 14.4 Å². The van der Waals surface area contributed by atoms with Gasteiger partial charge in [-0.25, -0.2) is 14.4 Å². The average molecular weight is 729 g/mol. The molecule has 6 nitrogen and oxygen atoms in total. The third-order valence-corrected chi connectivity index (χ3v) is 13.8. The predicted octanol–water partition coefficient (Wildman–Crippen LogP) is 10.8. The summed E-state index contributed by atoms with van der Waals surface area (Å²) in [6.07, 6.45) is 11.1. The van der Waals surface area contributed by atoms with Gasteiger partial charge in [0, 0.05) is 18.3 Å². The van der Waals surface area contributed by atoms with E-state index < -0.39 is 17.6 Å². The number of rotatable bonds is 11. The molecule has 6 heteroatoms. The number of allylic oxidation sites excluding steroid dienone is 3. The predicted molar refractivity (Wildman–Crippen MR) is 211 cm³/mol. The van der Waals surface area contributed by atoms with Crippen molar-refractivity contribution in [2.75, 3.05) is 0 Å². The molecule has 4 aliphatic carbocycles. The minimum absolute atomic E-state index is 0.122. The largest absolute Gasteiger partial charge is 0.459 e. The molecule has 284 valence electrons. The number of carbonyl (C=O) groups is 3. The number of esters is 3. The highest BCUT2D eigenvalue weighted by molar-refractivity contribution is 5.90. The summed E-state index contributed by atoms with van der Waals surface area (Å²) in [5.74, 6) is 1.07. The zero-order valence-corrected chi connectivity index (χ0v) is 32.5. The molecule has 3 saturated carbocycles. The lowest BCUT2D eigenvalue weighted by Gasteiger charge is -2.57. The smallest absolute Gasteiger partial charge is 0.338 e. The Morgan fingerprint density at radius 1 is 0.685 bits per heavy atom. The monoisotopic (exact) mass is 728 g/mol. The van der Waals surface area contributed by atoms with E-state index in [4.69, 9.17) is 14.2 Å². The molecule has 3 fully saturated rings. The molecule has 0 N–H and O–H groups in total. The fraction of sp³-hybridized carbons (Fsp3) is 0.479. The molecule has 0 unspecified atom stereocenters. The molecule has 0 spiro atoms. The highest BCUT2D eigenvalue weighted by Crippen LogP contribution is 2.66. The van der Waals surface area contributed by atoms with E-state index in [1.54, 1.807) is 24.3 Å². The Kier molecular flexibility index (Phi) is 11.0. The van der Waals surface area contributed by atoms with Gasteiger partial charge >= 0.3 is 17.9 Å². The molecule has 54 heavy (non-hydrogen) atoms. The number of fused-ring (bicyclic) bond motifs is 5. The Bertz CT molecular complexity index is 1860. The van der Waals surface area contributed by atoms with Gasteiger partial charge in [-0.15, -0.1) is 0 Å². The summed E-state index contributed by atoms with van der Waals surface area (Å²) in [4.78, 5) is 39.9. The van der Waals surface area contributed by atoms with Crippen molar-refractivity contribution in [1.29, 1.82) is 0 Å². The Balaban J connectivity index is 1.09. The first-order valence-electron chi connectivity index (χ1n) is 20.2. The fourth-order valence-electron chi connectivity index (χ4n) is 10.7. The van der Waals surface area contributed by atoms with Crippen molar-refractivity contribution >= 4 is 17.9 Å². The Hall–Kier alpha value is -4.45. The lowest BCUT2D eigenvalue weighted by molar-refractivity contribution is -0.0732. The fourth-order valence-corrected chi connectivity index (χ4v) is 10.7. The van der Waals surface area contributed by atoms with E-state index in [0.717, 1.165) is 32.1 Å². The number of hydrogen-bond donors (Lipinski definition) is 0. The molecule has 0 heterocycles. The summed E-state index contributed by atoms with van der Waals surface area (Å²) in [5, 5.41) is 0. The van der Waals surface area contributed by atoms with E-state index in [0.29, 0.717) is 47.3 Å². The number of hydrogen-bond acceptors (Lipinski definition) is 6. The maximum Gasteiger partial charge on any atom is 0.338 e. The summed E-state index contributed by atoms with van der Waals surface area (Å²) in [6, 6.07) is 27.6. The van der Waals surface area contributed by atoms with Gasteiger partial charge < -0.3 is 14.2 Å². The van der Waals surface area contributed by atoms with Gasteiger partial charge in [0.05, 0.1) is 16.7 Å². The zero-order chi connectivity index (χ0) is 38.0. The third kappa shape index (κ3) is 7.33. The molecule has 9 atom stereocenters. The quantitative estimate of drug-likeness (QED) is 0.144. The minimum Gasteiger partial charge on any atom is -0.459 e. The van der Waals surface area contributed by atoms with E-state index >= 15 is 0 Å². The van der Waals surface area contributed by atoms with Crippen LogP contribution in [0.2, 0.25) is 0 Å². The van der Waals surface area contributed by atoms with Crippen LogP contribution in [0.5, 0.6) is 0 Å². The van der Waals surface area contributed by atoms with Crippen LogP contribution in [0.1, 0.15) is 117 Å². The van der Waals surface area contributed by atoms with Crippen LogP contribution in [0, 0.1) is 40.4 Å². The zero-order valence-electron chi connectivity index (χ0n) is 32.5. The Labute approximate surface area is 321 Å². The van der Waals surface area contributed by atoms with Gasteiger partial charge in [0.1, 0.15) is 18.3 Å². The first kappa shape index (κ1) is 37.8. The maximum absolute atomic E-state index is 13.7. The SMILES string of the molecule is CC(C)[C@@H](CC[C@@H](C)[C@H]1CC[C@H]2C3=CC=C4C[C@@H](OC(=O)c5ccccc5)C[C@H](OC(=O)c5ccccc5)[C@]4(C)[C@H]3CC[C@]12C)OC(=O)c1ccccc1. The van der Waals surface area contributed by atoms with Gasteiger partial charge in [0.15, 0.2) is 0 Å². The van der Waals surface area contributed by atoms with Crippen LogP contribution in [0.3, 0.4) is 0 Å². The van der Waals surface area contributed by atoms with Crippen LogP contribution in [0.4, 0.5) is 0 Å². The molecule has 0 bridgehead atoms. The van der Waals surface area contributed by atoms with E-state index in [1.807, 2.05) is 66.7 Å². The number of benzene rings is 3. The molecule has 3 aromatic carbocycles. The summed E-state index contributed by atoms with van der Waals surface area (Å²) >= 11 is 0. The van der Waals surface area contributed by atoms with Crippen LogP contribution >= 0.6 is 0 Å². The highest BCUT2D eigenvalue weighted by atomic mass is 16.6. The Morgan fingerprint density at radius 2 is 1.26 bits per heavy atom. The van der Waals surface area contributed by atoms with E-state index in [1.165, 1.54) is 17.6 Å². The highest BCUT2D eigenvalue weighted by Gasteiger charge is 2.60. The van der Waals surface area contributed by atoms with E-state index in [2.05, 4.69) is 46.8 Å². The van der Waals surface area contributed by atoms with Crippen LogP contribution < -0.4 is 0 Å². The molecule has 7 rings (SSSR count). The summed E-state index contributed by atoms with van der Waals surface area (Å²) < 4.78 is 18.7. The van der Waals surface area contributed by atoms with Crippen LogP contribution in [-0.4, -0.2) is 36.2 Å². The summed E-state index contributed by atoms with van der Waals surface area (Å²) in [7, 11) is 0. The first-order valence-corrected chi connectivity index (χ1v) is 20.2. The summed E-state index contributed by atoms with van der Waals surface area (Å²) in [6.45, 7) is 11.5. The van der Waals surface area contributed by atoms with Gasteiger partial charge in [0.25, 0.3) is 0 Å². The first-order chi connectivity index (χ1) is 26.0. The normalized spacial score (nSPS) is 29.7. The standard InChI is InChI=1S/C48H56O6/c1-31(2)42(53-45(50)34-17-11-7-12-18-34)26-21-32(3)39-24-25-40-38-23-22-36-29-37(52-44(49)33-15-9-6-10-16-33)30-43(54-46(51)35-19-13-8-14-20-35)48(36,5)41(38)27-28-47(39,40)4/h6-20,22-23,31-32,37,39-43H,21,24-30H2,1-5H3/t32-,37-,39-,40+,41+,42-,43+,47-,48+/m1/s1. The van der Waals surface area contributed by atoms with Gasteiger partial charge in [-0.1, -0.05) is 113 Å². The second kappa shape index (κ2) is 15.7. The lowest BCUT2D eigenvalue weighted by atomic mass is 9.49. The van der Waals surface area contributed by atoms with Gasteiger partial charge in [0.2, 0.25) is 0 Å². The molecule has 3 aromatic rings. The van der Waals surface area contributed by atoms with Crippen molar-refractivity contribution < 1.29 is 28.6 Å². The van der Waals surface area contributed by atoms with Crippen molar-refractivity contribution in [3.63, 3.8) is 0 Å². The van der Waals surface area contributed by atoms with Gasteiger partial charge in [-0.05, 0) is 110 Å². The molecule has 0 aliphatic heterocycles. The van der Waals surface area contributed by atoms with Crippen molar-refractivity contribution in [1.82, 2.24) is 0 Å². The van der Waals surface area contributed by atoms with Gasteiger partial charge in [-0.3, -0.25) is 0 Å². The number of carbonyl (C=O) groups excluding carboxylic acids is 3. The molecule has 0 aromatic heterocycles. The second-order valence-corrected chi connectivity index (χ2v) is 17.2. The van der Waals surface area contributed by atoms with E-state index in [-0.39, 0.29) is 41.3 Å². The lowest BCUT2D eigenvalue weighted by Crippen LogP contribution is -2.54. The van der Waals surface area contributed by atoms with Crippen molar-refractivity contribution in [2.24, 2.45) is 40.4 Å². The molecular weight excluding hydrogens is 673 g/mol. The molecular formula is C48H56O6. The second-order valence-electron chi connectivity index (χ2n) is 17.2. The third-order valence-electron chi connectivity index (χ3n) is 13.8. The van der Waals surface area contributed by atoms with Crippen molar-refractivity contribution in [3.05, 3.63) is 131 Å². The maximum atomic E-state index is 13.7. The van der Waals surface area contributed by atoms with Gasteiger partial charge in [-0.2, -0.15) is 0 Å². The molecule has 0 radical (unpaired) electrons. The topological polar surface area (TPSA) is 78.9 Å². The van der Waals surface area contributed by atoms with Crippen molar-refractivity contribution in [3.8, 4) is 0 Å². The van der Waals surface area contributed by atoms with Crippen LogP contribution in [-0.2, 0) is 14.2 Å². The minimum atomic E-state index is -0.445. The molecule has 0 saturated heterocycles. The average Bonchev–Trinajstić information content (AvgIpc) is 3.55. The summed E-state index contributed by atoms with van der Waals surface area (Å²) in [5.41, 5.74) is 4.12. The molecule has 4 aliphatic rings.